The van der Waals surface area contributed by atoms with Crippen LogP contribution in [0.15, 0.2) is 121 Å². The van der Waals surface area contributed by atoms with E-state index in [4.69, 9.17) is 0 Å². The van der Waals surface area contributed by atoms with Crippen LogP contribution < -0.4 is 32.3 Å². The third kappa shape index (κ3) is 5.50. The third-order valence-electron chi connectivity index (χ3n) is 10.4. The van der Waals surface area contributed by atoms with Gasteiger partial charge in [0, 0.05) is 5.41 Å². The van der Waals surface area contributed by atoms with Crippen molar-refractivity contribution in [3.8, 4) is 11.1 Å². The minimum Gasteiger partial charge on any atom is -0.0683 e. The molecule has 0 saturated heterocycles. The number of hydrogen-bond donors (Lipinski definition) is 0. The highest BCUT2D eigenvalue weighted by Crippen LogP contribution is 2.49. The van der Waals surface area contributed by atoms with Crippen molar-refractivity contribution in [1.29, 1.82) is 0 Å². The summed E-state index contributed by atoms with van der Waals surface area (Å²) in [7, 11) is -0.667. The molecule has 6 aromatic carbocycles. The zero-order valence-corrected chi connectivity index (χ0v) is 30.0. The standard InChI is InChI=1S/C45H44BP/c1-29-23-31(3)43(32(4)24-29)46(44-33(5)25-30(2)26-34(44)6)35-19-21-39-40-22-20-38(28-42(40)45(7,8)41(39)27-35)47(36-15-11-9-12-16-36)37-17-13-10-14-18-37/h9-28H,1-8H3. The van der Waals surface area contributed by atoms with Gasteiger partial charge in [-0.1, -0.05) is 179 Å². The molecule has 0 N–H and O–H groups in total. The van der Waals surface area contributed by atoms with E-state index in [2.05, 4.69) is 177 Å². The molecule has 0 bridgehead atoms. The Bertz CT molecular complexity index is 1980. The van der Waals surface area contributed by atoms with Crippen molar-refractivity contribution in [2.75, 3.05) is 0 Å². The van der Waals surface area contributed by atoms with E-state index in [1.54, 1.807) is 0 Å². The molecule has 1 aliphatic rings. The van der Waals surface area contributed by atoms with E-state index >= 15 is 0 Å². The molecule has 232 valence electrons. The van der Waals surface area contributed by atoms with Crippen LogP contribution in [-0.4, -0.2) is 6.71 Å². The fraction of sp³-hybridized carbons (Fsp3) is 0.200. The summed E-state index contributed by atoms with van der Waals surface area (Å²) in [5, 5.41) is 4.19. The molecule has 0 saturated carbocycles. The van der Waals surface area contributed by atoms with E-state index < -0.39 is 7.92 Å². The Morgan fingerprint density at radius 3 is 1.34 bits per heavy atom. The number of fused-ring (bicyclic) bond motifs is 3. The van der Waals surface area contributed by atoms with E-state index in [1.807, 2.05) is 0 Å². The van der Waals surface area contributed by atoms with Crippen LogP contribution in [0.2, 0.25) is 0 Å². The van der Waals surface area contributed by atoms with Crippen LogP contribution in [0.4, 0.5) is 0 Å². The Morgan fingerprint density at radius 1 is 0.447 bits per heavy atom. The van der Waals surface area contributed by atoms with Gasteiger partial charge in [-0.3, -0.25) is 0 Å². The Balaban J connectivity index is 1.39. The van der Waals surface area contributed by atoms with E-state index in [0.717, 1.165) is 0 Å². The van der Waals surface area contributed by atoms with Crippen molar-refractivity contribution in [2.24, 2.45) is 0 Å². The second kappa shape index (κ2) is 12.1. The smallest absolute Gasteiger partial charge is 0.0683 e. The quantitative estimate of drug-likeness (QED) is 0.129. The fourth-order valence-electron chi connectivity index (χ4n) is 8.43. The summed E-state index contributed by atoms with van der Waals surface area (Å²) in [6.07, 6.45) is 0. The normalized spacial score (nSPS) is 13.0. The maximum atomic E-state index is 2.55. The molecule has 0 spiro atoms. The second-order valence-corrected chi connectivity index (χ2v) is 16.4. The topological polar surface area (TPSA) is 0 Å². The molecule has 47 heavy (non-hydrogen) atoms. The molecule has 7 rings (SSSR count). The summed E-state index contributed by atoms with van der Waals surface area (Å²) in [5.41, 5.74) is 17.9. The lowest BCUT2D eigenvalue weighted by Crippen LogP contribution is -2.56. The number of rotatable bonds is 6. The minimum absolute atomic E-state index is 0.121. The fourth-order valence-corrected chi connectivity index (χ4v) is 10.8. The lowest BCUT2D eigenvalue weighted by molar-refractivity contribution is 0.661. The molecule has 0 unspecified atom stereocenters. The second-order valence-electron chi connectivity index (χ2n) is 14.2. The molecule has 2 heteroatoms. The summed E-state index contributed by atoms with van der Waals surface area (Å²) in [4.78, 5) is 0. The van der Waals surface area contributed by atoms with Gasteiger partial charge in [0.15, 0.2) is 0 Å². The lowest BCUT2D eigenvalue weighted by atomic mass is 9.34. The maximum Gasteiger partial charge on any atom is 0.242 e. The van der Waals surface area contributed by atoms with Crippen LogP contribution in [0.3, 0.4) is 0 Å². The summed E-state index contributed by atoms with van der Waals surface area (Å²) in [6, 6.07) is 46.3. The predicted octanol–water partition coefficient (Wildman–Crippen LogP) is 8.12. The Kier molecular flexibility index (Phi) is 8.10. The van der Waals surface area contributed by atoms with Gasteiger partial charge in [-0.2, -0.15) is 0 Å². The highest BCUT2D eigenvalue weighted by molar-refractivity contribution is 7.79. The molecule has 0 aliphatic heterocycles. The van der Waals surface area contributed by atoms with Crippen LogP contribution >= 0.6 is 7.92 Å². The van der Waals surface area contributed by atoms with Crippen LogP contribution in [0.25, 0.3) is 11.1 Å². The minimum atomic E-state index is -0.667. The molecular weight excluding hydrogens is 582 g/mol. The van der Waals surface area contributed by atoms with Gasteiger partial charge in [0.1, 0.15) is 0 Å². The Labute approximate surface area is 283 Å². The van der Waals surface area contributed by atoms with Gasteiger partial charge in [-0.05, 0) is 93.7 Å². The third-order valence-corrected chi connectivity index (χ3v) is 12.8. The largest absolute Gasteiger partial charge is 0.242 e. The van der Waals surface area contributed by atoms with E-state index in [9.17, 15) is 0 Å². The molecule has 0 heterocycles. The van der Waals surface area contributed by atoms with Gasteiger partial charge in [0.25, 0.3) is 0 Å². The summed E-state index contributed by atoms with van der Waals surface area (Å²) in [6.45, 7) is 18.7. The molecule has 0 fully saturated rings. The number of aryl methyl sites for hydroxylation is 6. The zero-order valence-electron chi connectivity index (χ0n) is 29.1. The molecule has 0 amide bonds. The first-order valence-corrected chi connectivity index (χ1v) is 18.2. The first-order valence-electron chi connectivity index (χ1n) is 16.9. The average Bonchev–Trinajstić information content (AvgIpc) is 3.26. The van der Waals surface area contributed by atoms with Crippen LogP contribution in [-0.2, 0) is 5.41 Å². The molecule has 0 nitrogen and oxygen atoms in total. The lowest BCUT2D eigenvalue weighted by Gasteiger charge is -2.27. The van der Waals surface area contributed by atoms with Gasteiger partial charge < -0.3 is 0 Å². The molecule has 0 aromatic heterocycles. The van der Waals surface area contributed by atoms with E-state index in [1.165, 1.54) is 87.9 Å². The molecule has 1 aliphatic carbocycles. The summed E-state index contributed by atoms with van der Waals surface area (Å²) >= 11 is 0. The van der Waals surface area contributed by atoms with Gasteiger partial charge >= 0.3 is 0 Å². The summed E-state index contributed by atoms with van der Waals surface area (Å²) in [5.74, 6) is 0. The number of benzene rings is 6. The molecule has 0 radical (unpaired) electrons. The van der Waals surface area contributed by atoms with Crippen molar-refractivity contribution >= 4 is 46.9 Å². The van der Waals surface area contributed by atoms with Crippen molar-refractivity contribution in [3.05, 3.63) is 166 Å². The first kappa shape index (κ1) is 31.4. The van der Waals surface area contributed by atoms with E-state index in [0.29, 0.717) is 0 Å². The highest BCUT2D eigenvalue weighted by Gasteiger charge is 2.38. The summed E-state index contributed by atoms with van der Waals surface area (Å²) < 4.78 is 0. The first-order chi connectivity index (χ1) is 22.5. The van der Waals surface area contributed by atoms with Crippen LogP contribution in [0.1, 0.15) is 58.4 Å². The Hall–Kier alpha value is -4.19. The highest BCUT2D eigenvalue weighted by atomic mass is 31.1. The molecule has 0 atom stereocenters. The van der Waals surface area contributed by atoms with Gasteiger partial charge in [-0.15, -0.1) is 0 Å². The van der Waals surface area contributed by atoms with Gasteiger partial charge in [-0.25, -0.2) is 0 Å². The zero-order chi connectivity index (χ0) is 33.0. The number of hydrogen-bond acceptors (Lipinski definition) is 0. The molecule has 6 aromatic rings. The Morgan fingerprint density at radius 2 is 0.872 bits per heavy atom. The monoisotopic (exact) mass is 626 g/mol. The predicted molar refractivity (Wildman–Crippen MR) is 209 cm³/mol. The van der Waals surface area contributed by atoms with Gasteiger partial charge in [0.05, 0.1) is 0 Å². The van der Waals surface area contributed by atoms with Crippen molar-refractivity contribution in [1.82, 2.24) is 0 Å². The maximum absolute atomic E-state index is 2.55. The SMILES string of the molecule is Cc1cc(C)c(B(c2ccc3c(c2)C(C)(C)c2cc(P(c4ccccc4)c4ccccc4)ccc2-3)c2c(C)cc(C)cc2C)c(C)c1. The average molecular weight is 627 g/mol. The van der Waals surface area contributed by atoms with Crippen LogP contribution in [0, 0.1) is 41.5 Å². The van der Waals surface area contributed by atoms with Crippen molar-refractivity contribution in [3.63, 3.8) is 0 Å². The van der Waals surface area contributed by atoms with Crippen molar-refractivity contribution in [2.45, 2.75) is 60.8 Å². The van der Waals surface area contributed by atoms with E-state index in [-0.39, 0.29) is 12.1 Å². The van der Waals surface area contributed by atoms with Gasteiger partial charge in [0.2, 0.25) is 6.71 Å². The molecular formula is C45H44BP. The van der Waals surface area contributed by atoms with Crippen LogP contribution in [0.5, 0.6) is 0 Å². The van der Waals surface area contributed by atoms with Crippen molar-refractivity contribution < 1.29 is 0 Å².